The summed E-state index contributed by atoms with van der Waals surface area (Å²) in [7, 11) is 4.35. The van der Waals surface area contributed by atoms with Crippen molar-refractivity contribution in [3.05, 3.63) is 34.9 Å². The number of aryl methyl sites for hydroxylation is 2. The van der Waals surface area contributed by atoms with Crippen LogP contribution in [0.15, 0.2) is 18.2 Å². The maximum absolute atomic E-state index is 6.41. The Balaban J connectivity index is 1.98. The maximum atomic E-state index is 6.41. The van der Waals surface area contributed by atoms with Gasteiger partial charge in [-0.2, -0.15) is 0 Å². The van der Waals surface area contributed by atoms with E-state index in [0.717, 1.165) is 25.6 Å². The minimum absolute atomic E-state index is 0.113. The van der Waals surface area contributed by atoms with Gasteiger partial charge in [0, 0.05) is 31.7 Å². The van der Waals surface area contributed by atoms with Gasteiger partial charge in [0.1, 0.15) is 0 Å². The van der Waals surface area contributed by atoms with Gasteiger partial charge in [-0.05, 0) is 50.6 Å². The van der Waals surface area contributed by atoms with Gasteiger partial charge in [0.2, 0.25) is 0 Å². The number of likely N-dealkylation sites (tertiary alicyclic amines) is 1. The monoisotopic (exact) mass is 275 g/mol. The standard InChI is InChI=1S/C17H29N3/c1-12-6-7-15(8-13(12)2)16(18)10-20-9-14(3)17(11-20)19(4)5/h6-8,14,16-17H,9-11,18H2,1-5H3. The molecule has 3 atom stereocenters. The summed E-state index contributed by atoms with van der Waals surface area (Å²) in [5.41, 5.74) is 10.3. The first-order valence-corrected chi connectivity index (χ1v) is 7.60. The zero-order chi connectivity index (χ0) is 14.9. The van der Waals surface area contributed by atoms with Crippen molar-refractivity contribution in [2.45, 2.75) is 32.9 Å². The van der Waals surface area contributed by atoms with Gasteiger partial charge in [-0.15, -0.1) is 0 Å². The molecule has 1 aromatic rings. The van der Waals surface area contributed by atoms with Gasteiger partial charge < -0.3 is 10.6 Å². The lowest BCUT2D eigenvalue weighted by Gasteiger charge is -2.24. The van der Waals surface area contributed by atoms with E-state index in [-0.39, 0.29) is 6.04 Å². The average Bonchev–Trinajstić information content (AvgIpc) is 2.73. The molecule has 1 aliphatic heterocycles. The highest BCUT2D eigenvalue weighted by Gasteiger charge is 2.31. The molecule has 3 nitrogen and oxygen atoms in total. The lowest BCUT2D eigenvalue weighted by Crippen LogP contribution is -2.36. The van der Waals surface area contributed by atoms with Crippen LogP contribution in [0.25, 0.3) is 0 Å². The summed E-state index contributed by atoms with van der Waals surface area (Å²) >= 11 is 0. The Morgan fingerprint density at radius 3 is 2.50 bits per heavy atom. The summed E-state index contributed by atoms with van der Waals surface area (Å²) in [4.78, 5) is 4.85. The quantitative estimate of drug-likeness (QED) is 0.914. The number of hydrogen-bond acceptors (Lipinski definition) is 3. The van der Waals surface area contributed by atoms with E-state index in [0.29, 0.717) is 6.04 Å². The summed E-state index contributed by atoms with van der Waals surface area (Å²) in [6.45, 7) is 9.89. The number of likely N-dealkylation sites (N-methyl/N-ethyl adjacent to an activating group) is 1. The summed E-state index contributed by atoms with van der Waals surface area (Å²) in [6.07, 6.45) is 0. The molecule has 0 spiro atoms. The third-order valence-electron chi connectivity index (χ3n) is 4.73. The molecular formula is C17H29N3. The van der Waals surface area contributed by atoms with Crippen LogP contribution in [-0.2, 0) is 0 Å². The lowest BCUT2D eigenvalue weighted by atomic mass is 10.0. The second-order valence-corrected chi connectivity index (χ2v) is 6.68. The van der Waals surface area contributed by atoms with E-state index < -0.39 is 0 Å². The van der Waals surface area contributed by atoms with E-state index in [4.69, 9.17) is 5.73 Å². The molecule has 20 heavy (non-hydrogen) atoms. The molecule has 1 fully saturated rings. The first-order chi connectivity index (χ1) is 9.38. The average molecular weight is 275 g/mol. The van der Waals surface area contributed by atoms with Crippen LogP contribution >= 0.6 is 0 Å². The van der Waals surface area contributed by atoms with Crippen molar-refractivity contribution in [2.75, 3.05) is 33.7 Å². The Morgan fingerprint density at radius 2 is 1.95 bits per heavy atom. The van der Waals surface area contributed by atoms with Crippen LogP contribution in [0.3, 0.4) is 0 Å². The number of benzene rings is 1. The van der Waals surface area contributed by atoms with E-state index in [9.17, 15) is 0 Å². The molecule has 2 N–H and O–H groups in total. The number of nitrogens with two attached hydrogens (primary N) is 1. The molecule has 2 rings (SSSR count). The molecule has 1 aromatic carbocycles. The molecule has 0 amide bonds. The molecule has 112 valence electrons. The minimum Gasteiger partial charge on any atom is -0.323 e. The van der Waals surface area contributed by atoms with Crippen LogP contribution < -0.4 is 5.73 Å². The Hall–Kier alpha value is -0.900. The zero-order valence-electron chi connectivity index (χ0n) is 13.6. The topological polar surface area (TPSA) is 32.5 Å². The molecule has 3 heteroatoms. The predicted molar refractivity (Wildman–Crippen MR) is 85.9 cm³/mol. The van der Waals surface area contributed by atoms with Crippen molar-refractivity contribution in [1.82, 2.24) is 9.80 Å². The van der Waals surface area contributed by atoms with Crippen molar-refractivity contribution in [2.24, 2.45) is 11.7 Å². The maximum Gasteiger partial charge on any atom is 0.0424 e. The van der Waals surface area contributed by atoms with Crippen molar-refractivity contribution in [3.8, 4) is 0 Å². The molecule has 1 saturated heterocycles. The molecule has 3 unspecified atom stereocenters. The van der Waals surface area contributed by atoms with E-state index in [1.165, 1.54) is 16.7 Å². The van der Waals surface area contributed by atoms with Crippen molar-refractivity contribution in [3.63, 3.8) is 0 Å². The summed E-state index contributed by atoms with van der Waals surface area (Å²) in [5, 5.41) is 0. The highest BCUT2D eigenvalue weighted by Crippen LogP contribution is 2.23. The van der Waals surface area contributed by atoms with Gasteiger partial charge in [-0.1, -0.05) is 25.1 Å². The Kier molecular flexibility index (Phi) is 4.84. The number of nitrogens with zero attached hydrogens (tertiary/aromatic N) is 2. The van der Waals surface area contributed by atoms with Crippen LogP contribution in [0, 0.1) is 19.8 Å². The second-order valence-electron chi connectivity index (χ2n) is 6.68. The van der Waals surface area contributed by atoms with Gasteiger partial charge in [0.05, 0.1) is 0 Å². The summed E-state index contributed by atoms with van der Waals surface area (Å²) in [6, 6.07) is 7.36. The fourth-order valence-corrected chi connectivity index (χ4v) is 3.25. The second kappa shape index (κ2) is 6.25. The van der Waals surface area contributed by atoms with Crippen molar-refractivity contribution in [1.29, 1.82) is 0 Å². The minimum atomic E-state index is 0.113. The molecule has 0 bridgehead atoms. The molecule has 1 aliphatic rings. The molecule has 1 heterocycles. The highest BCUT2D eigenvalue weighted by atomic mass is 15.2. The molecular weight excluding hydrogens is 246 g/mol. The highest BCUT2D eigenvalue weighted by molar-refractivity contribution is 5.31. The van der Waals surface area contributed by atoms with E-state index in [1.807, 2.05) is 0 Å². The first kappa shape index (κ1) is 15.5. The van der Waals surface area contributed by atoms with E-state index in [1.54, 1.807) is 0 Å². The van der Waals surface area contributed by atoms with Crippen LogP contribution in [-0.4, -0.2) is 49.6 Å². The van der Waals surface area contributed by atoms with Gasteiger partial charge in [-0.25, -0.2) is 0 Å². The molecule has 0 aliphatic carbocycles. The smallest absolute Gasteiger partial charge is 0.0424 e. The third-order valence-corrected chi connectivity index (χ3v) is 4.73. The van der Waals surface area contributed by atoms with Gasteiger partial charge in [0.15, 0.2) is 0 Å². The van der Waals surface area contributed by atoms with Crippen LogP contribution in [0.1, 0.15) is 29.7 Å². The SMILES string of the molecule is Cc1ccc(C(N)CN2CC(C)C(N(C)C)C2)cc1C. The molecule has 0 radical (unpaired) electrons. The van der Waals surface area contributed by atoms with Crippen LogP contribution in [0.4, 0.5) is 0 Å². The molecule has 0 aromatic heterocycles. The Morgan fingerprint density at radius 1 is 1.25 bits per heavy atom. The lowest BCUT2D eigenvalue weighted by molar-refractivity contribution is 0.248. The predicted octanol–water partition coefficient (Wildman–Crippen LogP) is 2.19. The van der Waals surface area contributed by atoms with E-state index >= 15 is 0 Å². The number of rotatable bonds is 4. The first-order valence-electron chi connectivity index (χ1n) is 7.60. The molecule has 0 saturated carbocycles. The van der Waals surface area contributed by atoms with Crippen molar-refractivity contribution < 1.29 is 0 Å². The Bertz CT molecular complexity index is 456. The fourth-order valence-electron chi connectivity index (χ4n) is 3.25. The Labute approximate surface area is 123 Å². The summed E-state index contributed by atoms with van der Waals surface area (Å²) in [5.74, 6) is 0.719. The normalized spacial score (nSPS) is 25.4. The summed E-state index contributed by atoms with van der Waals surface area (Å²) < 4.78 is 0. The van der Waals surface area contributed by atoms with Gasteiger partial charge in [-0.3, -0.25) is 4.90 Å². The van der Waals surface area contributed by atoms with Gasteiger partial charge in [0.25, 0.3) is 0 Å². The largest absolute Gasteiger partial charge is 0.323 e. The van der Waals surface area contributed by atoms with Gasteiger partial charge >= 0.3 is 0 Å². The van der Waals surface area contributed by atoms with Crippen LogP contribution in [0.5, 0.6) is 0 Å². The fraction of sp³-hybridized carbons (Fsp3) is 0.647. The van der Waals surface area contributed by atoms with Crippen LogP contribution in [0.2, 0.25) is 0 Å². The zero-order valence-corrected chi connectivity index (χ0v) is 13.6. The van der Waals surface area contributed by atoms with E-state index in [2.05, 4.69) is 62.9 Å². The third kappa shape index (κ3) is 3.40. The van der Waals surface area contributed by atoms with Crippen molar-refractivity contribution >= 4 is 0 Å². The number of hydrogen-bond donors (Lipinski definition) is 1.